The van der Waals surface area contributed by atoms with Gasteiger partial charge in [0, 0.05) is 44.4 Å². The highest BCUT2D eigenvalue weighted by molar-refractivity contribution is 5.76. The van der Waals surface area contributed by atoms with Crippen LogP contribution in [0.1, 0.15) is 39.2 Å². The molecule has 0 aliphatic heterocycles. The van der Waals surface area contributed by atoms with E-state index < -0.39 is 0 Å². The van der Waals surface area contributed by atoms with Crippen molar-refractivity contribution in [3.63, 3.8) is 0 Å². The predicted molar refractivity (Wildman–Crippen MR) is 82.9 cm³/mol. The molecule has 1 aliphatic rings. The topological polar surface area (TPSA) is 42.4 Å². The summed E-state index contributed by atoms with van der Waals surface area (Å²) < 4.78 is 5.63. The number of carbonyl (C=O) groups is 1. The number of carbonyl (C=O) groups excluding carboxylic acids is 1. The maximum atomic E-state index is 12.4. The van der Waals surface area contributed by atoms with Crippen molar-refractivity contribution in [2.24, 2.45) is 5.41 Å². The number of amides is 1. The summed E-state index contributed by atoms with van der Waals surface area (Å²) in [5, 5.41) is 0. The summed E-state index contributed by atoms with van der Waals surface area (Å²) in [4.78, 5) is 18.4. The average molecular weight is 290 g/mol. The number of nitrogens with zero attached hydrogens (tertiary/aromatic N) is 2. The lowest BCUT2D eigenvalue weighted by Gasteiger charge is -2.61. The number of ether oxygens (including phenoxy) is 1. The Hall–Kier alpha value is -1.42. The van der Waals surface area contributed by atoms with Crippen molar-refractivity contribution in [1.29, 1.82) is 0 Å². The fourth-order valence-corrected chi connectivity index (χ4v) is 3.22. The molecule has 0 bridgehead atoms. The van der Waals surface area contributed by atoms with Gasteiger partial charge in [-0.2, -0.15) is 0 Å². The molecular formula is C17H26N2O2. The van der Waals surface area contributed by atoms with Gasteiger partial charge in [0.05, 0.1) is 5.60 Å². The van der Waals surface area contributed by atoms with Crippen molar-refractivity contribution >= 4 is 5.91 Å². The molecule has 2 atom stereocenters. The van der Waals surface area contributed by atoms with Crippen LogP contribution in [0.5, 0.6) is 0 Å². The average Bonchev–Trinajstić information content (AvgIpc) is 2.50. The Morgan fingerprint density at radius 2 is 2.19 bits per heavy atom. The van der Waals surface area contributed by atoms with Crippen molar-refractivity contribution in [3.8, 4) is 0 Å². The first-order valence-corrected chi connectivity index (χ1v) is 7.51. The van der Waals surface area contributed by atoms with Gasteiger partial charge in [0.2, 0.25) is 5.91 Å². The third kappa shape index (κ3) is 2.82. The van der Waals surface area contributed by atoms with Crippen LogP contribution in [0, 0.1) is 5.41 Å². The van der Waals surface area contributed by atoms with Crippen molar-refractivity contribution in [2.45, 2.75) is 51.7 Å². The Labute approximate surface area is 127 Å². The van der Waals surface area contributed by atoms with Gasteiger partial charge in [-0.25, -0.2) is 0 Å². The number of hydrogen-bond acceptors (Lipinski definition) is 3. The number of rotatable bonds is 5. The number of aryl methyl sites for hydroxylation is 1. The highest BCUT2D eigenvalue weighted by Crippen LogP contribution is 2.53. The summed E-state index contributed by atoms with van der Waals surface area (Å²) in [5.41, 5.74) is 0.935. The van der Waals surface area contributed by atoms with Crippen LogP contribution in [0.3, 0.4) is 0 Å². The zero-order valence-electron chi connectivity index (χ0n) is 13.7. The lowest BCUT2D eigenvalue weighted by Crippen LogP contribution is -2.68. The molecule has 1 amide bonds. The van der Waals surface area contributed by atoms with E-state index in [9.17, 15) is 4.79 Å². The van der Waals surface area contributed by atoms with Gasteiger partial charge in [0.15, 0.2) is 0 Å². The number of aromatic nitrogens is 1. The second-order valence-electron chi connectivity index (χ2n) is 6.74. The van der Waals surface area contributed by atoms with Crippen molar-refractivity contribution in [2.75, 3.05) is 14.2 Å². The van der Waals surface area contributed by atoms with Gasteiger partial charge in [-0.1, -0.05) is 19.9 Å². The lowest BCUT2D eigenvalue weighted by molar-refractivity contribution is -0.207. The first-order chi connectivity index (χ1) is 9.82. The highest BCUT2D eigenvalue weighted by Gasteiger charge is 2.59. The van der Waals surface area contributed by atoms with Crippen LogP contribution in [-0.4, -0.2) is 41.6 Å². The minimum absolute atomic E-state index is 0.0273. The largest absolute Gasteiger partial charge is 0.378 e. The molecule has 1 saturated carbocycles. The van der Waals surface area contributed by atoms with Gasteiger partial charge in [0.25, 0.3) is 0 Å². The molecule has 4 nitrogen and oxygen atoms in total. The molecule has 116 valence electrons. The summed E-state index contributed by atoms with van der Waals surface area (Å²) in [6.45, 7) is 6.47. The monoisotopic (exact) mass is 290 g/mol. The van der Waals surface area contributed by atoms with E-state index in [1.807, 2.05) is 30.3 Å². The number of methoxy groups -OCH3 is 1. The second-order valence-corrected chi connectivity index (χ2v) is 6.74. The summed E-state index contributed by atoms with van der Waals surface area (Å²) >= 11 is 0. The van der Waals surface area contributed by atoms with Gasteiger partial charge in [-0.15, -0.1) is 0 Å². The van der Waals surface area contributed by atoms with Crippen LogP contribution in [0.25, 0.3) is 0 Å². The fraction of sp³-hybridized carbons (Fsp3) is 0.647. The van der Waals surface area contributed by atoms with E-state index >= 15 is 0 Å². The van der Waals surface area contributed by atoms with E-state index in [1.165, 1.54) is 0 Å². The van der Waals surface area contributed by atoms with Gasteiger partial charge in [0.1, 0.15) is 0 Å². The molecule has 1 fully saturated rings. The van der Waals surface area contributed by atoms with E-state index in [4.69, 9.17) is 4.74 Å². The molecule has 0 saturated heterocycles. The molecule has 4 heteroatoms. The molecule has 1 aromatic rings. The first-order valence-electron chi connectivity index (χ1n) is 7.51. The zero-order chi connectivity index (χ0) is 15.7. The lowest BCUT2D eigenvalue weighted by atomic mass is 9.55. The van der Waals surface area contributed by atoms with E-state index in [-0.39, 0.29) is 23.0 Å². The van der Waals surface area contributed by atoms with Gasteiger partial charge in [-0.3, -0.25) is 9.78 Å². The van der Waals surface area contributed by atoms with Crippen molar-refractivity contribution < 1.29 is 9.53 Å². The molecule has 2 rings (SSSR count). The molecule has 1 aromatic heterocycles. The Morgan fingerprint density at radius 1 is 1.48 bits per heavy atom. The Bertz CT molecular complexity index is 501. The van der Waals surface area contributed by atoms with E-state index in [2.05, 4.69) is 25.8 Å². The third-order valence-corrected chi connectivity index (χ3v) is 5.44. The molecule has 2 unspecified atom stereocenters. The maximum absolute atomic E-state index is 12.4. The molecule has 0 radical (unpaired) electrons. The molecule has 0 spiro atoms. The maximum Gasteiger partial charge on any atom is 0.222 e. The number of pyridine rings is 1. The second kappa shape index (κ2) is 5.76. The van der Waals surface area contributed by atoms with Gasteiger partial charge < -0.3 is 9.64 Å². The summed E-state index contributed by atoms with van der Waals surface area (Å²) in [6, 6.07) is 4.15. The summed E-state index contributed by atoms with van der Waals surface area (Å²) in [5.74, 6) is 0.190. The van der Waals surface area contributed by atoms with Crippen LogP contribution in [0.15, 0.2) is 24.5 Å². The van der Waals surface area contributed by atoms with Crippen LogP contribution in [0.2, 0.25) is 0 Å². The van der Waals surface area contributed by atoms with Crippen molar-refractivity contribution in [1.82, 2.24) is 9.88 Å². The van der Waals surface area contributed by atoms with E-state index in [1.54, 1.807) is 13.3 Å². The van der Waals surface area contributed by atoms with Gasteiger partial charge in [-0.05, 0) is 31.4 Å². The molecule has 21 heavy (non-hydrogen) atoms. The first kappa shape index (κ1) is 16.0. The zero-order valence-corrected chi connectivity index (χ0v) is 13.7. The Morgan fingerprint density at radius 3 is 2.71 bits per heavy atom. The SMILES string of the molecule is COC1(C)CC(N(C)C(=O)CCc2cccnc2)C1(C)C. The quantitative estimate of drug-likeness (QED) is 0.837. The van der Waals surface area contributed by atoms with Crippen LogP contribution < -0.4 is 0 Å². The molecule has 1 heterocycles. The van der Waals surface area contributed by atoms with Crippen LogP contribution in [-0.2, 0) is 16.0 Å². The standard InChI is InChI=1S/C17H26N2O2/c1-16(2)14(11-17(16,3)21-5)19(4)15(20)9-8-13-7-6-10-18-12-13/h6-7,10,12,14H,8-9,11H2,1-5H3. The van der Waals surface area contributed by atoms with E-state index in [0.29, 0.717) is 6.42 Å². The molecular weight excluding hydrogens is 264 g/mol. The fourth-order valence-electron chi connectivity index (χ4n) is 3.22. The smallest absolute Gasteiger partial charge is 0.222 e. The number of hydrogen-bond donors (Lipinski definition) is 0. The normalized spacial score (nSPS) is 27.0. The summed E-state index contributed by atoms with van der Waals surface area (Å²) in [6.07, 6.45) is 5.73. The van der Waals surface area contributed by atoms with E-state index in [0.717, 1.165) is 18.4 Å². The minimum atomic E-state index is -0.143. The highest BCUT2D eigenvalue weighted by atomic mass is 16.5. The third-order valence-electron chi connectivity index (χ3n) is 5.44. The minimum Gasteiger partial charge on any atom is -0.378 e. The van der Waals surface area contributed by atoms with Gasteiger partial charge >= 0.3 is 0 Å². The summed E-state index contributed by atoms with van der Waals surface area (Å²) in [7, 11) is 3.66. The predicted octanol–water partition coefficient (Wildman–Crippen LogP) is 2.68. The Kier molecular flexibility index (Phi) is 4.38. The van der Waals surface area contributed by atoms with Crippen LogP contribution >= 0.6 is 0 Å². The molecule has 0 aromatic carbocycles. The van der Waals surface area contributed by atoms with Crippen molar-refractivity contribution in [3.05, 3.63) is 30.1 Å². The molecule has 1 aliphatic carbocycles. The molecule has 0 N–H and O–H groups in total. The Balaban J connectivity index is 1.92. The van der Waals surface area contributed by atoms with Crippen LogP contribution in [0.4, 0.5) is 0 Å².